The summed E-state index contributed by atoms with van der Waals surface area (Å²) in [6.07, 6.45) is 10.3. The van der Waals surface area contributed by atoms with Crippen LogP contribution in [-0.2, 0) is 0 Å². The Labute approximate surface area is 98.5 Å². The smallest absolute Gasteiger partial charge is 0.128 e. The van der Waals surface area contributed by atoms with Crippen LogP contribution in [0.2, 0.25) is 0 Å². The Morgan fingerprint density at radius 1 is 1.31 bits per heavy atom. The van der Waals surface area contributed by atoms with E-state index in [0.717, 1.165) is 18.3 Å². The van der Waals surface area contributed by atoms with Crippen molar-refractivity contribution in [3.8, 4) is 0 Å². The third kappa shape index (κ3) is 3.22. The van der Waals surface area contributed by atoms with Crippen LogP contribution in [0.1, 0.15) is 44.1 Å². The van der Waals surface area contributed by atoms with Gasteiger partial charge in [0.25, 0.3) is 0 Å². The molecule has 1 heterocycles. The van der Waals surface area contributed by atoms with E-state index >= 15 is 0 Å². The molecule has 0 spiro atoms. The van der Waals surface area contributed by atoms with E-state index in [9.17, 15) is 0 Å². The molecule has 88 valence electrons. The van der Waals surface area contributed by atoms with Crippen LogP contribution >= 0.6 is 0 Å². The summed E-state index contributed by atoms with van der Waals surface area (Å²) in [5, 5.41) is 3.45. The van der Waals surface area contributed by atoms with Crippen molar-refractivity contribution in [1.29, 1.82) is 0 Å². The van der Waals surface area contributed by atoms with E-state index in [1.165, 1.54) is 44.1 Å². The maximum atomic E-state index is 4.35. The van der Waals surface area contributed by atoms with Gasteiger partial charge in [-0.2, -0.15) is 0 Å². The van der Waals surface area contributed by atoms with Crippen molar-refractivity contribution < 1.29 is 0 Å². The number of hydrogen-bond acceptors (Lipinski definition) is 2. The largest absolute Gasteiger partial charge is 0.370 e. The molecule has 1 saturated carbocycles. The summed E-state index contributed by atoms with van der Waals surface area (Å²) in [4.78, 5) is 4.35. The molecule has 0 unspecified atom stereocenters. The highest BCUT2D eigenvalue weighted by Gasteiger charge is 2.12. The number of anilines is 1. The topological polar surface area (TPSA) is 24.9 Å². The predicted molar refractivity (Wildman–Crippen MR) is 68.7 cm³/mol. The molecule has 1 aliphatic rings. The number of hydrogen-bond donors (Lipinski definition) is 1. The van der Waals surface area contributed by atoms with Crippen molar-refractivity contribution in [2.75, 3.05) is 11.9 Å². The van der Waals surface area contributed by atoms with Crippen molar-refractivity contribution >= 4 is 5.82 Å². The average molecular weight is 218 g/mol. The van der Waals surface area contributed by atoms with E-state index < -0.39 is 0 Å². The summed E-state index contributed by atoms with van der Waals surface area (Å²) < 4.78 is 0. The first-order valence-electron chi connectivity index (χ1n) is 6.52. The van der Waals surface area contributed by atoms with Gasteiger partial charge < -0.3 is 5.32 Å². The number of aryl methyl sites for hydroxylation is 1. The highest BCUT2D eigenvalue weighted by atomic mass is 15.0. The van der Waals surface area contributed by atoms with Gasteiger partial charge in [-0.1, -0.05) is 38.2 Å². The fourth-order valence-corrected chi connectivity index (χ4v) is 2.54. The van der Waals surface area contributed by atoms with Gasteiger partial charge in [0.05, 0.1) is 0 Å². The van der Waals surface area contributed by atoms with Crippen molar-refractivity contribution in [1.82, 2.24) is 4.98 Å². The fourth-order valence-electron chi connectivity index (χ4n) is 2.54. The standard InChI is InChI=1S/C14H22N2/c1-12-6-5-10-15-14(12)16-11-9-13-7-3-2-4-8-13/h5-6,10,13H,2-4,7-9,11H2,1H3,(H,15,16). The van der Waals surface area contributed by atoms with E-state index in [2.05, 4.69) is 23.3 Å². The normalized spacial score (nSPS) is 17.3. The highest BCUT2D eigenvalue weighted by Crippen LogP contribution is 2.26. The lowest BCUT2D eigenvalue weighted by atomic mass is 9.87. The van der Waals surface area contributed by atoms with E-state index in [0.29, 0.717) is 0 Å². The monoisotopic (exact) mass is 218 g/mol. The van der Waals surface area contributed by atoms with Crippen LogP contribution in [0.4, 0.5) is 5.82 Å². The Hall–Kier alpha value is -1.05. The molecule has 1 aromatic rings. The van der Waals surface area contributed by atoms with E-state index in [-0.39, 0.29) is 0 Å². The van der Waals surface area contributed by atoms with Crippen LogP contribution in [0.15, 0.2) is 18.3 Å². The molecule has 0 aliphatic heterocycles. The lowest BCUT2D eigenvalue weighted by Crippen LogP contribution is -2.13. The molecule has 1 aliphatic carbocycles. The Morgan fingerprint density at radius 2 is 2.12 bits per heavy atom. The van der Waals surface area contributed by atoms with Crippen molar-refractivity contribution in [2.24, 2.45) is 5.92 Å². The van der Waals surface area contributed by atoms with Gasteiger partial charge in [0.15, 0.2) is 0 Å². The molecule has 0 aromatic carbocycles. The Bertz CT molecular complexity index is 316. The maximum Gasteiger partial charge on any atom is 0.128 e. The molecular formula is C14H22N2. The van der Waals surface area contributed by atoms with Crippen LogP contribution in [-0.4, -0.2) is 11.5 Å². The molecular weight excluding hydrogens is 196 g/mol. The van der Waals surface area contributed by atoms with Gasteiger partial charge in [-0.05, 0) is 30.9 Å². The zero-order valence-electron chi connectivity index (χ0n) is 10.2. The van der Waals surface area contributed by atoms with Gasteiger partial charge in [-0.25, -0.2) is 4.98 Å². The van der Waals surface area contributed by atoms with Gasteiger partial charge in [-0.15, -0.1) is 0 Å². The molecule has 0 amide bonds. The first kappa shape index (κ1) is 11.4. The average Bonchev–Trinajstić information content (AvgIpc) is 2.33. The maximum absolute atomic E-state index is 4.35. The van der Waals surface area contributed by atoms with E-state index in [1.807, 2.05) is 12.3 Å². The lowest BCUT2D eigenvalue weighted by molar-refractivity contribution is 0.345. The van der Waals surface area contributed by atoms with Gasteiger partial charge >= 0.3 is 0 Å². The second-order valence-corrected chi connectivity index (χ2v) is 4.89. The third-order valence-corrected chi connectivity index (χ3v) is 3.58. The van der Waals surface area contributed by atoms with Gasteiger partial charge in [-0.3, -0.25) is 0 Å². The molecule has 2 nitrogen and oxygen atoms in total. The molecule has 1 N–H and O–H groups in total. The minimum Gasteiger partial charge on any atom is -0.370 e. The SMILES string of the molecule is Cc1cccnc1NCCC1CCCCC1. The van der Waals surface area contributed by atoms with Gasteiger partial charge in [0.1, 0.15) is 5.82 Å². The number of aromatic nitrogens is 1. The molecule has 0 radical (unpaired) electrons. The summed E-state index contributed by atoms with van der Waals surface area (Å²) in [6.45, 7) is 3.18. The number of nitrogens with zero attached hydrogens (tertiary/aromatic N) is 1. The second kappa shape index (κ2) is 5.88. The molecule has 2 heteroatoms. The summed E-state index contributed by atoms with van der Waals surface area (Å²) in [5.41, 5.74) is 1.24. The Balaban J connectivity index is 1.73. The first-order chi connectivity index (χ1) is 7.86. The summed E-state index contributed by atoms with van der Waals surface area (Å²) in [6, 6.07) is 4.09. The minimum absolute atomic E-state index is 0.949. The van der Waals surface area contributed by atoms with Crippen molar-refractivity contribution in [3.05, 3.63) is 23.9 Å². The number of nitrogens with one attached hydrogen (secondary N) is 1. The molecule has 0 atom stereocenters. The van der Waals surface area contributed by atoms with Crippen LogP contribution < -0.4 is 5.32 Å². The summed E-state index contributed by atoms with van der Waals surface area (Å²) >= 11 is 0. The molecule has 1 fully saturated rings. The lowest BCUT2D eigenvalue weighted by Gasteiger charge is -2.21. The molecule has 0 saturated heterocycles. The quantitative estimate of drug-likeness (QED) is 0.832. The van der Waals surface area contributed by atoms with Crippen molar-refractivity contribution in [3.63, 3.8) is 0 Å². The fraction of sp³-hybridized carbons (Fsp3) is 0.643. The second-order valence-electron chi connectivity index (χ2n) is 4.89. The zero-order valence-corrected chi connectivity index (χ0v) is 10.2. The van der Waals surface area contributed by atoms with Crippen molar-refractivity contribution in [2.45, 2.75) is 45.4 Å². The Morgan fingerprint density at radius 3 is 2.88 bits per heavy atom. The highest BCUT2D eigenvalue weighted by molar-refractivity contribution is 5.42. The summed E-state index contributed by atoms with van der Waals surface area (Å²) in [7, 11) is 0. The molecule has 16 heavy (non-hydrogen) atoms. The third-order valence-electron chi connectivity index (χ3n) is 3.58. The molecule has 0 bridgehead atoms. The molecule has 2 rings (SSSR count). The zero-order chi connectivity index (χ0) is 11.2. The van der Waals surface area contributed by atoms with Crippen LogP contribution in [0, 0.1) is 12.8 Å². The first-order valence-corrected chi connectivity index (χ1v) is 6.52. The summed E-state index contributed by atoms with van der Waals surface area (Å²) in [5.74, 6) is 2.00. The van der Waals surface area contributed by atoms with E-state index in [4.69, 9.17) is 0 Å². The van der Waals surface area contributed by atoms with E-state index in [1.54, 1.807) is 0 Å². The van der Waals surface area contributed by atoms with Gasteiger partial charge in [0.2, 0.25) is 0 Å². The van der Waals surface area contributed by atoms with Crippen LogP contribution in [0.25, 0.3) is 0 Å². The van der Waals surface area contributed by atoms with Crippen LogP contribution in [0.5, 0.6) is 0 Å². The number of pyridine rings is 1. The van der Waals surface area contributed by atoms with Gasteiger partial charge in [0, 0.05) is 12.7 Å². The number of rotatable bonds is 4. The Kier molecular flexibility index (Phi) is 4.20. The predicted octanol–water partition coefficient (Wildman–Crippen LogP) is 3.77. The minimum atomic E-state index is 0.949. The molecule has 1 aromatic heterocycles. The van der Waals surface area contributed by atoms with Crippen LogP contribution in [0.3, 0.4) is 0 Å².